The van der Waals surface area contributed by atoms with E-state index in [0.717, 1.165) is 47.5 Å². The highest BCUT2D eigenvalue weighted by Gasteiger charge is 2.25. The van der Waals surface area contributed by atoms with Crippen molar-refractivity contribution in [3.63, 3.8) is 0 Å². The number of nitrogens with one attached hydrogen (secondary N) is 2. The summed E-state index contributed by atoms with van der Waals surface area (Å²) in [6.07, 6.45) is 1.93. The number of carbonyl (C=O) groups excluding carboxylic acids is 1. The van der Waals surface area contributed by atoms with Gasteiger partial charge in [-0.3, -0.25) is 4.79 Å². The van der Waals surface area contributed by atoms with Gasteiger partial charge in [-0.1, -0.05) is 24.3 Å². The number of hydrogen-bond acceptors (Lipinski definition) is 4. The molecular weight excluding hydrogens is 384 g/mol. The maximum atomic E-state index is 13.5. The molecule has 0 fully saturated rings. The first-order chi connectivity index (χ1) is 15.1. The Labute approximate surface area is 183 Å². The third-order valence-electron chi connectivity index (χ3n) is 6.33. The summed E-state index contributed by atoms with van der Waals surface area (Å²) in [6, 6.07) is 20.8. The zero-order valence-electron chi connectivity index (χ0n) is 17.8. The van der Waals surface area contributed by atoms with Crippen LogP contribution >= 0.6 is 0 Å². The van der Waals surface area contributed by atoms with Crippen LogP contribution in [0.1, 0.15) is 34.8 Å². The van der Waals surface area contributed by atoms with Gasteiger partial charge in [0.05, 0.1) is 11.4 Å². The summed E-state index contributed by atoms with van der Waals surface area (Å²) < 4.78 is 0. The molecule has 5 heteroatoms. The van der Waals surface area contributed by atoms with Crippen LogP contribution < -0.4 is 21.3 Å². The minimum atomic E-state index is 0.0164. The van der Waals surface area contributed by atoms with Crippen LogP contribution in [0.5, 0.6) is 0 Å². The summed E-state index contributed by atoms with van der Waals surface area (Å²) >= 11 is 0. The zero-order valence-corrected chi connectivity index (χ0v) is 17.8. The second kappa shape index (κ2) is 8.08. The molecule has 0 bridgehead atoms. The van der Waals surface area contributed by atoms with Gasteiger partial charge in [-0.15, -0.1) is 0 Å². The molecule has 0 aromatic heterocycles. The van der Waals surface area contributed by atoms with E-state index in [1.54, 1.807) is 0 Å². The van der Waals surface area contributed by atoms with Crippen LogP contribution in [-0.4, -0.2) is 25.0 Å². The van der Waals surface area contributed by atoms with Crippen molar-refractivity contribution in [1.82, 2.24) is 0 Å². The Bertz CT molecular complexity index is 1140. The van der Waals surface area contributed by atoms with Gasteiger partial charge in [-0.2, -0.15) is 0 Å². The van der Waals surface area contributed by atoms with E-state index in [2.05, 4.69) is 35.8 Å². The minimum absolute atomic E-state index is 0.0164. The average Bonchev–Trinajstić information content (AvgIpc) is 3.20. The molecule has 0 saturated heterocycles. The van der Waals surface area contributed by atoms with Crippen molar-refractivity contribution in [3.8, 4) is 11.1 Å². The fourth-order valence-electron chi connectivity index (χ4n) is 4.63. The third-order valence-corrected chi connectivity index (χ3v) is 6.33. The number of carbonyl (C=O) groups is 1. The van der Waals surface area contributed by atoms with Crippen molar-refractivity contribution in [2.24, 2.45) is 5.73 Å². The van der Waals surface area contributed by atoms with Gasteiger partial charge >= 0.3 is 0 Å². The maximum absolute atomic E-state index is 13.5. The fraction of sp³-hybridized carbons (Fsp3) is 0.269. The summed E-state index contributed by atoms with van der Waals surface area (Å²) in [5.41, 5.74) is 14.5. The van der Waals surface area contributed by atoms with E-state index < -0.39 is 0 Å². The number of anilines is 3. The molecule has 4 N–H and O–H groups in total. The molecule has 2 aliphatic rings. The third kappa shape index (κ3) is 3.66. The highest BCUT2D eigenvalue weighted by molar-refractivity contribution is 6.08. The van der Waals surface area contributed by atoms with Crippen LogP contribution in [0.25, 0.3) is 11.1 Å². The molecule has 0 spiro atoms. The highest BCUT2D eigenvalue weighted by Crippen LogP contribution is 2.33. The van der Waals surface area contributed by atoms with Gasteiger partial charge in [0.2, 0.25) is 0 Å². The summed E-state index contributed by atoms with van der Waals surface area (Å²) in [5.74, 6) is 0.0164. The standard InChI is InChI=1S/C26H28N4O/c1-17-11-13-30(25-5-3-2-4-24(25)29-17)26(31)20-6-8-22(21(15-20)16-27)18-7-9-23-19(14-18)10-12-28-23/h2-9,14-15,17,28-29H,10-13,16,27H2,1H3. The average molecular weight is 413 g/mol. The molecule has 1 atom stereocenters. The smallest absolute Gasteiger partial charge is 0.258 e. The lowest BCUT2D eigenvalue weighted by atomic mass is 9.95. The van der Waals surface area contributed by atoms with E-state index >= 15 is 0 Å². The molecular formula is C26H28N4O. The van der Waals surface area contributed by atoms with Gasteiger partial charge in [0.1, 0.15) is 0 Å². The van der Waals surface area contributed by atoms with Gasteiger partial charge in [-0.25, -0.2) is 0 Å². The van der Waals surface area contributed by atoms with Crippen LogP contribution in [0.4, 0.5) is 17.1 Å². The van der Waals surface area contributed by atoms with Gasteiger partial charge in [0.15, 0.2) is 0 Å². The maximum Gasteiger partial charge on any atom is 0.258 e. The molecule has 3 aromatic carbocycles. The first-order valence-electron chi connectivity index (χ1n) is 11.0. The van der Waals surface area contributed by atoms with Gasteiger partial charge < -0.3 is 21.3 Å². The first-order valence-corrected chi connectivity index (χ1v) is 11.0. The van der Waals surface area contributed by atoms with Crippen molar-refractivity contribution in [3.05, 3.63) is 77.4 Å². The zero-order chi connectivity index (χ0) is 21.4. The molecule has 0 radical (unpaired) electrons. The van der Waals surface area contributed by atoms with Crippen LogP contribution in [0, 0.1) is 0 Å². The van der Waals surface area contributed by atoms with Crippen molar-refractivity contribution in [1.29, 1.82) is 0 Å². The number of fused-ring (bicyclic) bond motifs is 2. The monoisotopic (exact) mass is 412 g/mol. The lowest BCUT2D eigenvalue weighted by molar-refractivity contribution is 0.0987. The van der Waals surface area contributed by atoms with E-state index in [0.29, 0.717) is 24.7 Å². The Balaban J connectivity index is 1.49. The molecule has 2 heterocycles. The summed E-state index contributed by atoms with van der Waals surface area (Å²) in [7, 11) is 0. The van der Waals surface area contributed by atoms with Crippen molar-refractivity contribution in [2.75, 3.05) is 28.6 Å². The van der Waals surface area contributed by atoms with E-state index in [1.807, 2.05) is 47.4 Å². The lowest BCUT2D eigenvalue weighted by Gasteiger charge is -2.23. The number of hydrogen-bond donors (Lipinski definition) is 3. The molecule has 5 rings (SSSR count). The minimum Gasteiger partial charge on any atom is -0.384 e. The molecule has 158 valence electrons. The number of rotatable bonds is 3. The highest BCUT2D eigenvalue weighted by atomic mass is 16.2. The van der Waals surface area contributed by atoms with Crippen molar-refractivity contribution in [2.45, 2.75) is 32.4 Å². The van der Waals surface area contributed by atoms with Crippen molar-refractivity contribution < 1.29 is 4.79 Å². The largest absolute Gasteiger partial charge is 0.384 e. The molecule has 0 aliphatic carbocycles. The Morgan fingerprint density at radius 1 is 1.10 bits per heavy atom. The summed E-state index contributed by atoms with van der Waals surface area (Å²) in [4.78, 5) is 15.4. The lowest BCUT2D eigenvalue weighted by Crippen LogP contribution is -2.32. The molecule has 1 amide bonds. The number of para-hydroxylation sites is 2. The predicted molar refractivity (Wildman–Crippen MR) is 128 cm³/mol. The summed E-state index contributed by atoms with van der Waals surface area (Å²) in [6.45, 7) is 4.21. The number of nitrogens with zero attached hydrogens (tertiary/aromatic N) is 1. The first kappa shape index (κ1) is 19.6. The van der Waals surface area contributed by atoms with Crippen molar-refractivity contribution >= 4 is 23.0 Å². The second-order valence-electron chi connectivity index (χ2n) is 8.43. The van der Waals surface area contributed by atoms with Crippen LogP contribution in [-0.2, 0) is 13.0 Å². The molecule has 3 aromatic rings. The quantitative estimate of drug-likeness (QED) is 0.587. The topological polar surface area (TPSA) is 70.4 Å². The van der Waals surface area contributed by atoms with Crippen LogP contribution in [0.3, 0.4) is 0 Å². The predicted octanol–water partition coefficient (Wildman–Crippen LogP) is 4.63. The molecule has 5 nitrogen and oxygen atoms in total. The molecule has 2 aliphatic heterocycles. The van der Waals surface area contributed by atoms with Gasteiger partial charge in [0, 0.05) is 36.9 Å². The van der Waals surface area contributed by atoms with E-state index in [-0.39, 0.29) is 5.91 Å². The van der Waals surface area contributed by atoms with Gasteiger partial charge in [-0.05, 0) is 78.4 Å². The number of amides is 1. The second-order valence-corrected chi connectivity index (χ2v) is 8.43. The normalized spacial score (nSPS) is 17.2. The fourth-order valence-corrected chi connectivity index (χ4v) is 4.63. The Kier molecular flexibility index (Phi) is 5.12. The Morgan fingerprint density at radius 3 is 2.84 bits per heavy atom. The van der Waals surface area contributed by atoms with E-state index in [4.69, 9.17) is 5.73 Å². The summed E-state index contributed by atoms with van der Waals surface area (Å²) in [5, 5.41) is 6.92. The number of benzene rings is 3. The number of nitrogens with two attached hydrogens (primary N) is 1. The Hall–Kier alpha value is -3.31. The van der Waals surface area contributed by atoms with E-state index in [1.165, 1.54) is 11.3 Å². The Morgan fingerprint density at radius 2 is 1.97 bits per heavy atom. The molecule has 0 saturated carbocycles. The van der Waals surface area contributed by atoms with Gasteiger partial charge in [0.25, 0.3) is 5.91 Å². The van der Waals surface area contributed by atoms with Crippen LogP contribution in [0.15, 0.2) is 60.7 Å². The molecule has 31 heavy (non-hydrogen) atoms. The SMILES string of the molecule is CC1CCN(C(=O)c2ccc(-c3ccc4c(c3)CCN4)c(CN)c2)c2ccccc2N1. The molecule has 1 unspecified atom stereocenters. The van der Waals surface area contributed by atoms with E-state index in [9.17, 15) is 4.79 Å². The van der Waals surface area contributed by atoms with Crippen LogP contribution in [0.2, 0.25) is 0 Å².